The molecule has 1 N–H and O–H groups in total. The third-order valence-electron chi connectivity index (χ3n) is 5.14. The Morgan fingerprint density at radius 1 is 1.36 bits per heavy atom. The molecule has 22 heavy (non-hydrogen) atoms. The molecule has 6 nitrogen and oxygen atoms in total. The molecule has 2 saturated heterocycles. The minimum absolute atomic E-state index is 0.226. The van der Waals surface area contributed by atoms with Gasteiger partial charge in [0.15, 0.2) is 6.23 Å². The van der Waals surface area contributed by atoms with Crippen molar-refractivity contribution in [1.29, 1.82) is 0 Å². The summed E-state index contributed by atoms with van der Waals surface area (Å²) in [5, 5.41) is 9.50. The molecule has 2 fully saturated rings. The first-order valence-electron chi connectivity index (χ1n) is 7.26. The number of para-hydroxylation sites is 1. The van der Waals surface area contributed by atoms with Gasteiger partial charge >= 0.3 is 5.97 Å². The topological polar surface area (TPSA) is 76.1 Å². The number of carbonyl (C=O) groups excluding carboxylic acids is 1. The molecule has 4 heterocycles. The number of amides is 1. The van der Waals surface area contributed by atoms with Gasteiger partial charge in [0.1, 0.15) is 11.5 Å². The SMILES string of the molecule is O=C(O)[C@H]1[C@H]2C(=O)N3c4ccccc4CO[C@@H]3[C@]23C=C[C@H]1O3. The molecule has 0 saturated carbocycles. The number of carboxylic acid groups (broad SMARTS) is 1. The van der Waals surface area contributed by atoms with E-state index >= 15 is 0 Å². The van der Waals surface area contributed by atoms with Crippen molar-refractivity contribution >= 4 is 17.6 Å². The lowest BCUT2D eigenvalue weighted by Gasteiger charge is -2.37. The maximum absolute atomic E-state index is 13.0. The molecule has 1 amide bonds. The van der Waals surface area contributed by atoms with E-state index in [1.807, 2.05) is 30.3 Å². The van der Waals surface area contributed by atoms with Gasteiger partial charge in [-0.1, -0.05) is 24.3 Å². The molecule has 2 bridgehead atoms. The molecular weight excluding hydrogens is 286 g/mol. The average Bonchev–Trinajstić information content (AvgIpc) is 3.16. The lowest BCUT2D eigenvalue weighted by molar-refractivity contribution is -0.146. The van der Waals surface area contributed by atoms with Crippen LogP contribution in [0.4, 0.5) is 5.69 Å². The van der Waals surface area contributed by atoms with E-state index < -0.39 is 35.7 Å². The molecular formula is C16H13NO5. The maximum atomic E-state index is 13.0. The fourth-order valence-corrected chi connectivity index (χ4v) is 4.28. The molecule has 5 atom stereocenters. The fraction of sp³-hybridized carbons (Fsp3) is 0.375. The van der Waals surface area contributed by atoms with Crippen LogP contribution in [0.2, 0.25) is 0 Å². The monoisotopic (exact) mass is 299 g/mol. The number of carbonyl (C=O) groups is 2. The van der Waals surface area contributed by atoms with Crippen LogP contribution in [0.5, 0.6) is 0 Å². The van der Waals surface area contributed by atoms with Crippen molar-refractivity contribution in [2.45, 2.75) is 24.5 Å². The smallest absolute Gasteiger partial charge is 0.310 e. The van der Waals surface area contributed by atoms with Crippen LogP contribution in [0, 0.1) is 11.8 Å². The van der Waals surface area contributed by atoms with Crippen LogP contribution < -0.4 is 4.90 Å². The third-order valence-corrected chi connectivity index (χ3v) is 5.14. The first-order valence-corrected chi connectivity index (χ1v) is 7.26. The van der Waals surface area contributed by atoms with Crippen molar-refractivity contribution in [1.82, 2.24) is 0 Å². The minimum Gasteiger partial charge on any atom is -0.481 e. The molecule has 0 radical (unpaired) electrons. The lowest BCUT2D eigenvalue weighted by Crippen LogP contribution is -2.49. The zero-order valence-electron chi connectivity index (χ0n) is 11.5. The Kier molecular flexibility index (Phi) is 2.12. The van der Waals surface area contributed by atoms with Crippen LogP contribution in [0.3, 0.4) is 0 Å². The highest BCUT2D eigenvalue weighted by atomic mass is 16.6. The van der Waals surface area contributed by atoms with Gasteiger partial charge in [-0.05, 0) is 12.1 Å². The van der Waals surface area contributed by atoms with E-state index in [1.54, 1.807) is 11.0 Å². The van der Waals surface area contributed by atoms with Gasteiger partial charge in [0.2, 0.25) is 5.91 Å². The number of aliphatic carboxylic acids is 1. The quantitative estimate of drug-likeness (QED) is 0.780. The van der Waals surface area contributed by atoms with Crippen LogP contribution in [0.1, 0.15) is 5.56 Å². The minimum atomic E-state index is -0.997. The predicted molar refractivity (Wildman–Crippen MR) is 73.9 cm³/mol. The summed E-state index contributed by atoms with van der Waals surface area (Å²) >= 11 is 0. The van der Waals surface area contributed by atoms with Crippen molar-refractivity contribution in [2.24, 2.45) is 11.8 Å². The Labute approximate surface area is 125 Å². The Balaban J connectivity index is 1.69. The second-order valence-corrected chi connectivity index (χ2v) is 6.14. The first-order chi connectivity index (χ1) is 10.6. The van der Waals surface area contributed by atoms with E-state index in [1.165, 1.54) is 0 Å². The molecule has 4 aliphatic heterocycles. The highest BCUT2D eigenvalue weighted by molar-refractivity contribution is 6.03. The van der Waals surface area contributed by atoms with Gasteiger partial charge in [-0.15, -0.1) is 0 Å². The second kappa shape index (κ2) is 3.77. The van der Waals surface area contributed by atoms with Crippen LogP contribution in [0.25, 0.3) is 0 Å². The molecule has 4 aliphatic rings. The zero-order chi connectivity index (χ0) is 15.1. The van der Waals surface area contributed by atoms with Gasteiger partial charge in [-0.3, -0.25) is 14.5 Å². The highest BCUT2D eigenvalue weighted by Gasteiger charge is 2.72. The van der Waals surface area contributed by atoms with E-state index in [-0.39, 0.29) is 5.91 Å². The van der Waals surface area contributed by atoms with Gasteiger partial charge < -0.3 is 14.6 Å². The second-order valence-electron chi connectivity index (χ2n) is 6.14. The van der Waals surface area contributed by atoms with Crippen LogP contribution in [-0.2, 0) is 25.7 Å². The van der Waals surface area contributed by atoms with Crippen molar-refractivity contribution in [3.8, 4) is 0 Å². The lowest BCUT2D eigenvalue weighted by atomic mass is 9.76. The predicted octanol–water partition coefficient (Wildman–Crippen LogP) is 0.914. The van der Waals surface area contributed by atoms with Gasteiger partial charge in [0, 0.05) is 5.56 Å². The summed E-state index contributed by atoms with van der Waals surface area (Å²) in [6.45, 7) is 0.388. The number of hydrogen-bond donors (Lipinski definition) is 1. The van der Waals surface area contributed by atoms with E-state index in [0.717, 1.165) is 11.3 Å². The summed E-state index contributed by atoms with van der Waals surface area (Å²) < 4.78 is 11.8. The van der Waals surface area contributed by atoms with Gasteiger partial charge in [-0.25, -0.2) is 0 Å². The van der Waals surface area contributed by atoms with Gasteiger partial charge in [-0.2, -0.15) is 0 Å². The van der Waals surface area contributed by atoms with Crippen molar-refractivity contribution in [3.63, 3.8) is 0 Å². The maximum Gasteiger partial charge on any atom is 0.310 e. The normalized spacial score (nSPS) is 40.5. The number of benzene rings is 1. The number of anilines is 1. The highest BCUT2D eigenvalue weighted by Crippen LogP contribution is 2.57. The Hall–Kier alpha value is -2.18. The van der Waals surface area contributed by atoms with Crippen molar-refractivity contribution < 1.29 is 24.2 Å². The molecule has 1 spiro atoms. The molecule has 0 aliphatic carbocycles. The Morgan fingerprint density at radius 2 is 2.18 bits per heavy atom. The number of hydrogen-bond acceptors (Lipinski definition) is 4. The summed E-state index contributed by atoms with van der Waals surface area (Å²) in [4.78, 5) is 26.1. The van der Waals surface area contributed by atoms with E-state index in [4.69, 9.17) is 9.47 Å². The third kappa shape index (κ3) is 1.20. The molecule has 1 aromatic rings. The van der Waals surface area contributed by atoms with E-state index in [2.05, 4.69) is 0 Å². The summed E-state index contributed by atoms with van der Waals surface area (Å²) in [6.07, 6.45) is 2.42. The molecule has 0 unspecified atom stereocenters. The Bertz CT molecular complexity index is 744. The zero-order valence-corrected chi connectivity index (χ0v) is 11.5. The van der Waals surface area contributed by atoms with E-state index in [0.29, 0.717) is 6.61 Å². The van der Waals surface area contributed by atoms with Crippen LogP contribution in [0.15, 0.2) is 36.4 Å². The summed E-state index contributed by atoms with van der Waals surface area (Å²) in [5.74, 6) is -2.80. The largest absolute Gasteiger partial charge is 0.481 e. The van der Waals surface area contributed by atoms with Gasteiger partial charge in [0.05, 0.1) is 24.3 Å². The van der Waals surface area contributed by atoms with E-state index in [9.17, 15) is 14.7 Å². The summed E-state index contributed by atoms with van der Waals surface area (Å²) in [6, 6.07) is 7.53. The van der Waals surface area contributed by atoms with Crippen molar-refractivity contribution in [2.75, 3.05) is 4.90 Å². The molecule has 1 aromatic carbocycles. The summed E-state index contributed by atoms with van der Waals surface area (Å²) in [5.41, 5.74) is 0.740. The molecule has 6 heteroatoms. The molecule has 112 valence electrons. The number of nitrogens with zero attached hydrogens (tertiary/aromatic N) is 1. The summed E-state index contributed by atoms with van der Waals surface area (Å²) in [7, 11) is 0. The van der Waals surface area contributed by atoms with Crippen molar-refractivity contribution in [3.05, 3.63) is 42.0 Å². The Morgan fingerprint density at radius 3 is 3.00 bits per heavy atom. The number of rotatable bonds is 1. The van der Waals surface area contributed by atoms with Gasteiger partial charge in [0.25, 0.3) is 0 Å². The first kappa shape index (κ1) is 12.4. The fourth-order valence-electron chi connectivity index (χ4n) is 4.28. The molecule has 5 rings (SSSR count). The van der Waals surface area contributed by atoms with Crippen LogP contribution >= 0.6 is 0 Å². The standard InChI is InChI=1S/C16H13NO5/c18-13-12-11(14(19)20)10-5-6-16(12,22-10)15-17(13)9-4-2-1-3-8(9)7-21-15/h1-6,10-12,15H,7H2,(H,19,20)/t10-,11-,12+,15-,16+/m1/s1. The number of carboxylic acids is 1. The average molecular weight is 299 g/mol. The number of ether oxygens (including phenoxy) is 2. The molecule has 0 aromatic heterocycles. The number of fused-ring (bicyclic) bond motifs is 4. The van der Waals surface area contributed by atoms with Crippen LogP contribution in [-0.4, -0.2) is 34.9 Å².